The summed E-state index contributed by atoms with van der Waals surface area (Å²) >= 11 is 0. The maximum Gasteiger partial charge on any atom is 0.490 e. The molecule has 1 aliphatic carbocycles. The van der Waals surface area contributed by atoms with E-state index < -0.39 is 36.4 Å². The molecule has 0 radical (unpaired) electrons. The van der Waals surface area contributed by atoms with Crippen molar-refractivity contribution in [3.8, 4) is 11.8 Å². The van der Waals surface area contributed by atoms with E-state index in [9.17, 15) is 28.0 Å². The van der Waals surface area contributed by atoms with Crippen LogP contribution in [0.5, 0.6) is 5.75 Å². The zero-order chi connectivity index (χ0) is 27.9. The molecular formula is C28H31F3N2O5. The fourth-order valence-corrected chi connectivity index (χ4v) is 4.70. The number of aryl methyl sites for hydroxylation is 1. The van der Waals surface area contributed by atoms with Crippen LogP contribution in [0, 0.1) is 17.2 Å². The first-order valence-electron chi connectivity index (χ1n) is 12.3. The number of ether oxygens (including phenoxy) is 2. The Morgan fingerprint density at radius 3 is 2.39 bits per heavy atom. The van der Waals surface area contributed by atoms with Crippen molar-refractivity contribution >= 4 is 11.9 Å². The summed E-state index contributed by atoms with van der Waals surface area (Å²) in [6, 6.07) is 14.7. The number of halogens is 3. The third-order valence-corrected chi connectivity index (χ3v) is 6.47. The lowest BCUT2D eigenvalue weighted by Crippen LogP contribution is -2.48. The van der Waals surface area contributed by atoms with Crippen LogP contribution in [-0.2, 0) is 33.6 Å². The monoisotopic (exact) mass is 532 g/mol. The van der Waals surface area contributed by atoms with Crippen LogP contribution in [0.1, 0.15) is 48.9 Å². The van der Waals surface area contributed by atoms with Gasteiger partial charge in [-0.1, -0.05) is 30.3 Å². The van der Waals surface area contributed by atoms with Crippen LogP contribution < -0.4 is 10.1 Å². The average molecular weight is 533 g/mol. The summed E-state index contributed by atoms with van der Waals surface area (Å²) in [5, 5.41) is 21.5. The molecule has 1 aliphatic rings. The van der Waals surface area contributed by atoms with Crippen molar-refractivity contribution in [2.45, 2.75) is 63.8 Å². The van der Waals surface area contributed by atoms with E-state index in [4.69, 9.17) is 14.6 Å². The van der Waals surface area contributed by atoms with Gasteiger partial charge in [0, 0.05) is 18.5 Å². The summed E-state index contributed by atoms with van der Waals surface area (Å²) < 4.78 is 49.2. The molecule has 0 amide bonds. The molecule has 0 saturated heterocycles. The molecule has 204 valence electrons. The third-order valence-electron chi connectivity index (χ3n) is 6.47. The molecule has 0 heterocycles. The number of nitrogens with zero attached hydrogens (tertiary/aromatic N) is 1. The number of carboxylic acid groups (broad SMARTS) is 1. The summed E-state index contributed by atoms with van der Waals surface area (Å²) in [6.45, 7) is 3.35. The van der Waals surface area contributed by atoms with Crippen LogP contribution in [0.15, 0.2) is 42.5 Å². The minimum Gasteiger partial charge on any atom is -0.488 e. The van der Waals surface area contributed by atoms with Gasteiger partial charge in [-0.3, -0.25) is 4.79 Å². The molecule has 2 N–H and O–H groups in total. The van der Waals surface area contributed by atoms with Crippen molar-refractivity contribution in [1.82, 2.24) is 5.32 Å². The van der Waals surface area contributed by atoms with E-state index in [2.05, 4.69) is 17.4 Å². The Morgan fingerprint density at radius 2 is 1.82 bits per heavy atom. The van der Waals surface area contributed by atoms with Crippen molar-refractivity contribution in [3.05, 3.63) is 64.7 Å². The number of rotatable bonds is 12. The highest BCUT2D eigenvalue weighted by Crippen LogP contribution is 2.32. The third kappa shape index (κ3) is 8.48. The second-order valence-corrected chi connectivity index (χ2v) is 10.2. The minimum absolute atomic E-state index is 0.0754. The first-order chi connectivity index (χ1) is 17.9. The Morgan fingerprint density at radius 1 is 1.16 bits per heavy atom. The molecule has 7 nitrogen and oxygen atoms in total. The average Bonchev–Trinajstić information content (AvgIpc) is 3.25. The second kappa shape index (κ2) is 12.3. The van der Waals surface area contributed by atoms with Gasteiger partial charge in [0.05, 0.1) is 5.56 Å². The molecule has 3 rings (SSSR count). The van der Waals surface area contributed by atoms with Crippen molar-refractivity contribution in [2.75, 3.05) is 13.2 Å². The number of hydrogen-bond acceptors (Lipinski definition) is 6. The van der Waals surface area contributed by atoms with E-state index in [1.165, 1.54) is 23.3 Å². The molecule has 10 heteroatoms. The summed E-state index contributed by atoms with van der Waals surface area (Å²) in [5.41, 5.74) is 2.85. The largest absolute Gasteiger partial charge is 0.490 e. The van der Waals surface area contributed by atoms with Crippen molar-refractivity contribution < 1.29 is 37.3 Å². The molecule has 0 spiro atoms. The Hall–Kier alpha value is -3.58. The number of hydrogen-bond donors (Lipinski definition) is 2. The van der Waals surface area contributed by atoms with E-state index in [0.29, 0.717) is 11.5 Å². The molecule has 2 aromatic rings. The van der Waals surface area contributed by atoms with Crippen LogP contribution in [-0.4, -0.2) is 48.0 Å². The van der Waals surface area contributed by atoms with Gasteiger partial charge in [-0.15, -0.1) is 0 Å². The van der Waals surface area contributed by atoms with Crippen molar-refractivity contribution in [1.29, 1.82) is 5.26 Å². The normalized spacial score (nSPS) is 14.4. The van der Waals surface area contributed by atoms with Crippen molar-refractivity contribution in [2.24, 2.45) is 5.92 Å². The van der Waals surface area contributed by atoms with E-state index in [1.54, 1.807) is 6.07 Å². The lowest BCUT2D eigenvalue weighted by Gasteiger charge is -2.31. The number of alkyl halides is 3. The number of esters is 1. The predicted octanol–water partition coefficient (Wildman–Crippen LogP) is 4.60. The number of nitriles is 1. The van der Waals surface area contributed by atoms with Gasteiger partial charge < -0.3 is 19.9 Å². The molecule has 0 aliphatic heterocycles. The lowest BCUT2D eigenvalue weighted by atomic mass is 9.88. The van der Waals surface area contributed by atoms with Gasteiger partial charge >= 0.3 is 18.1 Å². The Bertz CT molecular complexity index is 1160. The zero-order valence-electron chi connectivity index (χ0n) is 21.3. The molecule has 0 saturated carbocycles. The molecular weight excluding hydrogens is 501 g/mol. The summed E-state index contributed by atoms with van der Waals surface area (Å²) in [5.74, 6) is -2.88. The molecule has 1 atom stereocenters. The summed E-state index contributed by atoms with van der Waals surface area (Å²) in [4.78, 5) is 22.5. The molecule has 0 bridgehead atoms. The van der Waals surface area contributed by atoms with Crippen LogP contribution in [0.2, 0.25) is 0 Å². The predicted molar refractivity (Wildman–Crippen MR) is 133 cm³/mol. The summed E-state index contributed by atoms with van der Waals surface area (Å²) in [7, 11) is 0. The molecule has 0 unspecified atom stereocenters. The Balaban J connectivity index is 1.66. The Labute approximate surface area is 219 Å². The van der Waals surface area contributed by atoms with E-state index >= 15 is 0 Å². The summed E-state index contributed by atoms with van der Waals surface area (Å²) in [6.07, 6.45) is -3.81. The standard InChI is InChI=1S/C28H31F3N2O5/c1-27(2,14-19-11-20-5-3-4-6-21(20)12-19)33-16-23(38-26(36)28(29,30)31)17-37-24-13-18(8-10-25(34)35)7-9-22(24)15-32/h3-7,9,13,19,23,33H,8,10-12,14,16-17H2,1-2H3,(H,34,35)/t23-/m1/s1. The number of benzene rings is 2. The fourth-order valence-electron chi connectivity index (χ4n) is 4.70. The van der Waals surface area contributed by atoms with E-state index in [-0.39, 0.29) is 30.7 Å². The second-order valence-electron chi connectivity index (χ2n) is 10.2. The lowest BCUT2D eigenvalue weighted by molar-refractivity contribution is -0.205. The Kier molecular flexibility index (Phi) is 9.39. The van der Waals surface area contributed by atoms with Gasteiger partial charge in [-0.2, -0.15) is 18.4 Å². The smallest absolute Gasteiger partial charge is 0.488 e. The highest BCUT2D eigenvalue weighted by atomic mass is 19.4. The number of carboxylic acids is 1. The first kappa shape index (κ1) is 29.0. The van der Waals surface area contributed by atoms with Crippen molar-refractivity contribution in [3.63, 3.8) is 0 Å². The van der Waals surface area contributed by atoms with Gasteiger partial charge in [-0.05, 0) is 74.3 Å². The van der Waals surface area contributed by atoms with Gasteiger partial charge in [0.25, 0.3) is 0 Å². The number of aliphatic carboxylic acids is 1. The zero-order valence-corrected chi connectivity index (χ0v) is 21.3. The fraction of sp³-hybridized carbons (Fsp3) is 0.464. The highest BCUT2D eigenvalue weighted by molar-refractivity contribution is 5.75. The highest BCUT2D eigenvalue weighted by Gasteiger charge is 2.42. The van der Waals surface area contributed by atoms with Crippen LogP contribution in [0.25, 0.3) is 0 Å². The molecule has 0 aromatic heterocycles. The quantitative estimate of drug-likeness (QED) is 0.385. The van der Waals surface area contributed by atoms with E-state index in [1.807, 2.05) is 32.0 Å². The van der Waals surface area contributed by atoms with Gasteiger partial charge in [0.1, 0.15) is 24.5 Å². The number of carbonyl (C=O) groups excluding carboxylic acids is 1. The number of carbonyl (C=O) groups is 2. The van der Waals surface area contributed by atoms with E-state index in [0.717, 1.165) is 19.3 Å². The number of fused-ring (bicyclic) bond motifs is 1. The van der Waals surface area contributed by atoms with Gasteiger partial charge in [0.2, 0.25) is 0 Å². The number of nitrogens with one attached hydrogen (secondary N) is 1. The van der Waals surface area contributed by atoms with Crippen LogP contribution in [0.3, 0.4) is 0 Å². The topological polar surface area (TPSA) is 109 Å². The first-order valence-corrected chi connectivity index (χ1v) is 12.3. The molecule has 0 fully saturated rings. The van der Waals surface area contributed by atoms with Crippen LogP contribution >= 0.6 is 0 Å². The SMILES string of the molecule is CC(C)(CC1Cc2ccccc2C1)NC[C@H](COc1cc(CCC(=O)O)ccc1C#N)OC(=O)C(F)(F)F. The van der Waals surface area contributed by atoms with Gasteiger partial charge in [-0.25, -0.2) is 4.79 Å². The maximum absolute atomic E-state index is 12.9. The van der Waals surface area contributed by atoms with Crippen LogP contribution in [0.4, 0.5) is 13.2 Å². The maximum atomic E-state index is 12.9. The molecule has 38 heavy (non-hydrogen) atoms. The molecule has 2 aromatic carbocycles. The minimum atomic E-state index is -5.17. The van der Waals surface area contributed by atoms with Gasteiger partial charge in [0.15, 0.2) is 0 Å².